The summed E-state index contributed by atoms with van der Waals surface area (Å²) in [5.41, 5.74) is 5.95. The van der Waals surface area contributed by atoms with Crippen LogP contribution in [-0.2, 0) is 14.3 Å². The van der Waals surface area contributed by atoms with Gasteiger partial charge >= 0.3 is 5.97 Å². The van der Waals surface area contributed by atoms with Crippen molar-refractivity contribution in [2.24, 2.45) is 5.73 Å². The fraction of sp³-hybridized carbons (Fsp3) is 0.500. The van der Waals surface area contributed by atoms with Crippen molar-refractivity contribution in [2.45, 2.75) is 58.2 Å². The number of nitrogens with zero attached hydrogens (tertiary/aromatic N) is 1. The van der Waals surface area contributed by atoms with Crippen LogP contribution in [0.1, 0.15) is 62.5 Å². The summed E-state index contributed by atoms with van der Waals surface area (Å²) in [6.45, 7) is 7.14. The van der Waals surface area contributed by atoms with Gasteiger partial charge < -0.3 is 15.4 Å². The van der Waals surface area contributed by atoms with Crippen LogP contribution in [0.25, 0.3) is 0 Å². The maximum Gasteiger partial charge on any atom is 0.329 e. The standard InChI is InChI=1S/C18H23BrN2O4/c1-10-13-9-11(19)5-6-12(13)16(23)21(10)14(7-8-15(20)22)17(24)25-18(2,3)4/h5-6,9-10,14H,7-8H2,1-4H3,(H2,20,22)/t10?,14-/m0/s1. The molecule has 2 amide bonds. The number of amides is 2. The highest BCUT2D eigenvalue weighted by molar-refractivity contribution is 9.10. The number of ether oxygens (including phenoxy) is 1. The van der Waals surface area contributed by atoms with Gasteiger partial charge in [-0.2, -0.15) is 0 Å². The highest BCUT2D eigenvalue weighted by Crippen LogP contribution is 2.37. The zero-order chi connectivity index (χ0) is 18.9. The SMILES string of the molecule is CC1c2cc(Br)ccc2C(=O)N1[C@@H](CCC(N)=O)C(=O)OC(C)(C)C. The van der Waals surface area contributed by atoms with Crippen molar-refractivity contribution in [1.29, 1.82) is 0 Å². The van der Waals surface area contributed by atoms with E-state index >= 15 is 0 Å². The quantitative estimate of drug-likeness (QED) is 0.755. The number of fused-ring (bicyclic) bond motifs is 1. The average molecular weight is 411 g/mol. The molecule has 1 unspecified atom stereocenters. The molecule has 2 atom stereocenters. The van der Waals surface area contributed by atoms with E-state index in [1.807, 2.05) is 13.0 Å². The molecule has 0 saturated carbocycles. The molecule has 1 heterocycles. The lowest BCUT2D eigenvalue weighted by Crippen LogP contribution is -2.46. The predicted molar refractivity (Wildman–Crippen MR) is 96.8 cm³/mol. The molecular weight excluding hydrogens is 388 g/mol. The summed E-state index contributed by atoms with van der Waals surface area (Å²) in [6.07, 6.45) is 0.135. The Morgan fingerprint density at radius 1 is 1.36 bits per heavy atom. The van der Waals surface area contributed by atoms with Crippen molar-refractivity contribution in [3.63, 3.8) is 0 Å². The second-order valence-electron chi connectivity index (χ2n) is 7.17. The molecule has 6 nitrogen and oxygen atoms in total. The Kier molecular flexibility index (Phi) is 5.56. The van der Waals surface area contributed by atoms with Gasteiger partial charge in [-0.15, -0.1) is 0 Å². The van der Waals surface area contributed by atoms with Crippen LogP contribution in [0.3, 0.4) is 0 Å². The Morgan fingerprint density at radius 3 is 2.56 bits per heavy atom. The first-order valence-corrected chi connectivity index (χ1v) is 8.94. The lowest BCUT2D eigenvalue weighted by molar-refractivity contribution is -0.161. The monoisotopic (exact) mass is 410 g/mol. The topological polar surface area (TPSA) is 89.7 Å². The highest BCUT2D eigenvalue weighted by Gasteiger charge is 2.42. The van der Waals surface area contributed by atoms with Gasteiger partial charge in [0.1, 0.15) is 11.6 Å². The van der Waals surface area contributed by atoms with Crippen LogP contribution in [0.15, 0.2) is 22.7 Å². The third-order valence-electron chi connectivity index (χ3n) is 4.02. The summed E-state index contributed by atoms with van der Waals surface area (Å²) in [5.74, 6) is -1.29. The van der Waals surface area contributed by atoms with Crippen LogP contribution in [0.5, 0.6) is 0 Å². The van der Waals surface area contributed by atoms with Crippen molar-refractivity contribution in [3.8, 4) is 0 Å². The van der Waals surface area contributed by atoms with E-state index in [-0.39, 0.29) is 24.8 Å². The van der Waals surface area contributed by atoms with E-state index in [1.54, 1.807) is 32.9 Å². The smallest absolute Gasteiger partial charge is 0.329 e. The zero-order valence-electron chi connectivity index (χ0n) is 14.8. The number of carbonyl (C=O) groups is 3. The number of hydrogen-bond donors (Lipinski definition) is 1. The molecule has 0 radical (unpaired) electrons. The van der Waals surface area contributed by atoms with Gasteiger partial charge in [0.2, 0.25) is 5.91 Å². The number of esters is 1. The molecule has 0 saturated heterocycles. The van der Waals surface area contributed by atoms with E-state index in [0.717, 1.165) is 10.0 Å². The van der Waals surface area contributed by atoms with Gasteiger partial charge in [-0.05, 0) is 57.9 Å². The molecule has 0 spiro atoms. The Morgan fingerprint density at radius 2 is 2.00 bits per heavy atom. The highest BCUT2D eigenvalue weighted by atomic mass is 79.9. The van der Waals surface area contributed by atoms with Crippen molar-refractivity contribution < 1.29 is 19.1 Å². The normalized spacial score (nSPS) is 18.0. The van der Waals surface area contributed by atoms with E-state index in [9.17, 15) is 14.4 Å². The van der Waals surface area contributed by atoms with Gasteiger partial charge in [0.25, 0.3) is 5.91 Å². The molecule has 1 aliphatic heterocycles. The number of halogens is 1. The fourth-order valence-corrected chi connectivity index (χ4v) is 3.35. The van der Waals surface area contributed by atoms with Gasteiger partial charge in [-0.1, -0.05) is 15.9 Å². The third-order valence-corrected chi connectivity index (χ3v) is 4.52. The molecule has 2 rings (SSSR count). The molecule has 1 aromatic carbocycles. The molecule has 1 aliphatic rings. The van der Waals surface area contributed by atoms with Gasteiger partial charge in [0.05, 0.1) is 6.04 Å². The third kappa shape index (κ3) is 4.39. The van der Waals surface area contributed by atoms with Gasteiger partial charge in [-0.3, -0.25) is 9.59 Å². The number of carbonyl (C=O) groups excluding carboxylic acids is 3. The molecule has 1 aromatic rings. The fourth-order valence-electron chi connectivity index (χ4n) is 2.97. The summed E-state index contributed by atoms with van der Waals surface area (Å²) in [6, 6.07) is 4.24. The molecule has 0 bridgehead atoms. The average Bonchev–Trinajstić information content (AvgIpc) is 2.70. The Labute approximate surface area is 155 Å². The number of primary amides is 1. The van der Waals surface area contributed by atoms with Crippen LogP contribution >= 0.6 is 15.9 Å². The molecular formula is C18H23BrN2O4. The second-order valence-corrected chi connectivity index (χ2v) is 8.09. The summed E-state index contributed by atoms with van der Waals surface area (Å²) in [4.78, 5) is 38.3. The van der Waals surface area contributed by atoms with Crippen LogP contribution in [0.4, 0.5) is 0 Å². The molecule has 2 N–H and O–H groups in total. The Bertz CT molecular complexity index is 712. The second kappa shape index (κ2) is 7.15. The first-order chi connectivity index (χ1) is 11.5. The number of nitrogens with two attached hydrogens (primary N) is 1. The molecule has 0 aliphatic carbocycles. The molecule has 0 fully saturated rings. The van der Waals surface area contributed by atoms with E-state index in [0.29, 0.717) is 5.56 Å². The van der Waals surface area contributed by atoms with Gasteiger partial charge in [-0.25, -0.2) is 4.79 Å². The van der Waals surface area contributed by atoms with E-state index in [4.69, 9.17) is 10.5 Å². The zero-order valence-corrected chi connectivity index (χ0v) is 16.4. The summed E-state index contributed by atoms with van der Waals surface area (Å²) in [5, 5.41) is 0. The molecule has 25 heavy (non-hydrogen) atoms. The predicted octanol–water partition coefficient (Wildman–Crippen LogP) is 2.94. The number of rotatable bonds is 5. The van der Waals surface area contributed by atoms with Crippen LogP contribution in [0.2, 0.25) is 0 Å². The molecule has 7 heteroatoms. The van der Waals surface area contributed by atoms with Gasteiger partial charge in [0, 0.05) is 16.5 Å². The maximum atomic E-state index is 12.9. The summed E-state index contributed by atoms with van der Waals surface area (Å²) >= 11 is 3.41. The van der Waals surface area contributed by atoms with E-state index < -0.39 is 23.5 Å². The summed E-state index contributed by atoms with van der Waals surface area (Å²) in [7, 11) is 0. The largest absolute Gasteiger partial charge is 0.458 e. The van der Waals surface area contributed by atoms with Crippen LogP contribution < -0.4 is 5.73 Å². The van der Waals surface area contributed by atoms with Crippen molar-refractivity contribution >= 4 is 33.7 Å². The van der Waals surface area contributed by atoms with Crippen LogP contribution in [-0.4, -0.2) is 34.3 Å². The summed E-state index contributed by atoms with van der Waals surface area (Å²) < 4.78 is 6.33. The lowest BCUT2D eigenvalue weighted by atomic mass is 10.0. The van der Waals surface area contributed by atoms with Crippen LogP contribution in [0, 0.1) is 0 Å². The minimum atomic E-state index is -0.861. The van der Waals surface area contributed by atoms with Crippen molar-refractivity contribution in [2.75, 3.05) is 0 Å². The molecule has 0 aromatic heterocycles. The molecule has 136 valence electrons. The van der Waals surface area contributed by atoms with E-state index in [2.05, 4.69) is 15.9 Å². The Hall–Kier alpha value is -1.89. The minimum Gasteiger partial charge on any atom is -0.458 e. The maximum absolute atomic E-state index is 12.9. The minimum absolute atomic E-state index is 0.000446. The van der Waals surface area contributed by atoms with Gasteiger partial charge in [0.15, 0.2) is 0 Å². The van der Waals surface area contributed by atoms with Crippen molar-refractivity contribution in [1.82, 2.24) is 4.90 Å². The number of hydrogen-bond acceptors (Lipinski definition) is 4. The van der Waals surface area contributed by atoms with E-state index in [1.165, 1.54) is 4.90 Å². The van der Waals surface area contributed by atoms with Crippen molar-refractivity contribution in [3.05, 3.63) is 33.8 Å². The first-order valence-electron chi connectivity index (χ1n) is 8.14. The Balaban J connectivity index is 2.35. The lowest BCUT2D eigenvalue weighted by Gasteiger charge is -2.32. The number of benzene rings is 1. The first kappa shape index (κ1) is 19.4.